The minimum atomic E-state index is -0.224. The molecular weight excluding hydrogens is 504 g/mol. The molecule has 0 aliphatic carbocycles. The van der Waals surface area contributed by atoms with E-state index in [1.807, 2.05) is 6.07 Å². The number of hydrogen-bond acceptors (Lipinski definition) is 7. The van der Waals surface area contributed by atoms with E-state index in [-0.39, 0.29) is 29.7 Å². The van der Waals surface area contributed by atoms with Crippen LogP contribution in [0.15, 0.2) is 82.7 Å². The Bertz CT molecular complexity index is 1470. The number of fused-ring (bicyclic) bond motifs is 1. The highest BCUT2D eigenvalue weighted by molar-refractivity contribution is 7.99. The van der Waals surface area contributed by atoms with Crippen LogP contribution in [0.5, 0.6) is 5.75 Å². The van der Waals surface area contributed by atoms with Gasteiger partial charge in [-0.05, 0) is 54.1 Å². The summed E-state index contributed by atoms with van der Waals surface area (Å²) in [5, 5.41) is 6.55. The molecule has 3 aromatic carbocycles. The van der Waals surface area contributed by atoms with Gasteiger partial charge in [0.1, 0.15) is 5.75 Å². The third-order valence-electron chi connectivity index (χ3n) is 5.68. The number of aromatic nitrogens is 2. The molecule has 4 aromatic rings. The van der Waals surface area contributed by atoms with E-state index in [4.69, 9.17) is 9.47 Å². The van der Waals surface area contributed by atoms with Crippen molar-refractivity contribution in [2.75, 3.05) is 38.4 Å². The highest BCUT2D eigenvalue weighted by atomic mass is 32.2. The molecule has 0 aliphatic heterocycles. The molecule has 10 heteroatoms. The van der Waals surface area contributed by atoms with E-state index in [1.165, 1.54) is 11.8 Å². The van der Waals surface area contributed by atoms with Crippen LogP contribution in [0.2, 0.25) is 0 Å². The Morgan fingerprint density at radius 1 is 0.974 bits per heavy atom. The molecule has 2 N–H and O–H groups in total. The van der Waals surface area contributed by atoms with E-state index in [0.29, 0.717) is 46.2 Å². The van der Waals surface area contributed by atoms with E-state index in [0.717, 1.165) is 5.56 Å². The molecule has 38 heavy (non-hydrogen) atoms. The molecule has 4 rings (SSSR count). The molecule has 0 bridgehead atoms. The van der Waals surface area contributed by atoms with Gasteiger partial charge in [0.2, 0.25) is 5.91 Å². The van der Waals surface area contributed by atoms with E-state index in [2.05, 4.69) is 15.6 Å². The van der Waals surface area contributed by atoms with Crippen LogP contribution in [-0.4, -0.2) is 54.5 Å². The average Bonchev–Trinajstić information content (AvgIpc) is 2.94. The minimum absolute atomic E-state index is 0.0669. The van der Waals surface area contributed by atoms with Crippen LogP contribution < -0.4 is 20.9 Å². The first-order valence-corrected chi connectivity index (χ1v) is 12.9. The van der Waals surface area contributed by atoms with Gasteiger partial charge in [0.15, 0.2) is 5.16 Å². The number of methoxy groups -OCH3 is 2. The van der Waals surface area contributed by atoms with E-state index >= 15 is 0 Å². The number of rotatable bonds is 11. The summed E-state index contributed by atoms with van der Waals surface area (Å²) in [4.78, 5) is 43.0. The van der Waals surface area contributed by atoms with Crippen LogP contribution >= 0.6 is 11.8 Å². The van der Waals surface area contributed by atoms with Crippen LogP contribution in [0.25, 0.3) is 10.9 Å². The Balaban J connectivity index is 1.52. The second-order valence-corrected chi connectivity index (χ2v) is 9.26. The van der Waals surface area contributed by atoms with Gasteiger partial charge in [0.25, 0.3) is 11.5 Å². The predicted octanol–water partition coefficient (Wildman–Crippen LogP) is 3.56. The largest absolute Gasteiger partial charge is 0.497 e. The van der Waals surface area contributed by atoms with Crippen molar-refractivity contribution < 1.29 is 19.1 Å². The van der Waals surface area contributed by atoms with Gasteiger partial charge in [0, 0.05) is 24.9 Å². The molecular formula is C28H28N4O5S. The molecule has 0 radical (unpaired) electrons. The fourth-order valence-corrected chi connectivity index (χ4v) is 4.51. The van der Waals surface area contributed by atoms with Crippen LogP contribution in [-0.2, 0) is 16.1 Å². The summed E-state index contributed by atoms with van der Waals surface area (Å²) >= 11 is 1.19. The number of benzene rings is 3. The summed E-state index contributed by atoms with van der Waals surface area (Å²) in [6.07, 6.45) is 0. The third kappa shape index (κ3) is 6.78. The van der Waals surface area contributed by atoms with Crippen LogP contribution in [0.4, 0.5) is 5.69 Å². The number of carbonyl (C=O) groups excluding carboxylic acids is 2. The van der Waals surface area contributed by atoms with E-state index in [1.54, 1.807) is 85.5 Å². The van der Waals surface area contributed by atoms with Gasteiger partial charge in [-0.25, -0.2) is 4.98 Å². The van der Waals surface area contributed by atoms with Crippen LogP contribution in [0.1, 0.15) is 15.9 Å². The highest BCUT2D eigenvalue weighted by Crippen LogP contribution is 2.20. The Morgan fingerprint density at radius 2 is 1.71 bits per heavy atom. The van der Waals surface area contributed by atoms with Gasteiger partial charge in [0.05, 0.1) is 36.9 Å². The number of carbonyl (C=O) groups is 2. The second-order valence-electron chi connectivity index (χ2n) is 8.31. The fraction of sp³-hybridized carbons (Fsp3) is 0.214. The molecule has 0 saturated heterocycles. The topological polar surface area (TPSA) is 112 Å². The lowest BCUT2D eigenvalue weighted by Gasteiger charge is -2.14. The Kier molecular flexibility index (Phi) is 9.12. The van der Waals surface area contributed by atoms with Crippen molar-refractivity contribution in [2.45, 2.75) is 11.7 Å². The Hall–Kier alpha value is -4.15. The van der Waals surface area contributed by atoms with E-state index < -0.39 is 0 Å². The highest BCUT2D eigenvalue weighted by Gasteiger charge is 2.14. The smallest absolute Gasteiger partial charge is 0.262 e. The summed E-state index contributed by atoms with van der Waals surface area (Å²) in [6.45, 7) is 1.09. The molecule has 0 saturated carbocycles. The quantitative estimate of drug-likeness (QED) is 0.173. The fourth-order valence-electron chi connectivity index (χ4n) is 3.71. The molecule has 2 amide bonds. The maximum Gasteiger partial charge on any atom is 0.262 e. The van der Waals surface area contributed by atoms with Gasteiger partial charge in [-0.3, -0.25) is 19.0 Å². The molecule has 0 unspecified atom stereocenters. The zero-order valence-electron chi connectivity index (χ0n) is 21.1. The van der Waals surface area contributed by atoms with Crippen molar-refractivity contribution >= 4 is 40.2 Å². The Labute approximate surface area is 224 Å². The van der Waals surface area contributed by atoms with Crippen molar-refractivity contribution in [1.82, 2.24) is 14.9 Å². The third-order valence-corrected chi connectivity index (χ3v) is 6.66. The lowest BCUT2D eigenvalue weighted by molar-refractivity contribution is -0.113. The maximum atomic E-state index is 13.4. The first kappa shape index (κ1) is 26.9. The van der Waals surface area contributed by atoms with Gasteiger partial charge < -0.3 is 20.1 Å². The van der Waals surface area contributed by atoms with Crippen molar-refractivity contribution in [3.8, 4) is 5.75 Å². The zero-order valence-corrected chi connectivity index (χ0v) is 21.9. The zero-order chi connectivity index (χ0) is 26.9. The maximum absolute atomic E-state index is 13.4. The number of amides is 2. The van der Waals surface area contributed by atoms with Crippen molar-refractivity contribution in [2.24, 2.45) is 0 Å². The number of thioether (sulfide) groups is 1. The monoisotopic (exact) mass is 532 g/mol. The molecule has 0 spiro atoms. The molecule has 1 heterocycles. The molecule has 1 aromatic heterocycles. The summed E-state index contributed by atoms with van der Waals surface area (Å²) in [7, 11) is 3.15. The van der Waals surface area contributed by atoms with Gasteiger partial charge >= 0.3 is 0 Å². The second kappa shape index (κ2) is 12.9. The van der Waals surface area contributed by atoms with Crippen molar-refractivity contribution in [1.29, 1.82) is 0 Å². The van der Waals surface area contributed by atoms with Crippen molar-refractivity contribution in [3.63, 3.8) is 0 Å². The number of nitrogens with zero attached hydrogens (tertiary/aromatic N) is 2. The number of nitrogens with one attached hydrogen (secondary N) is 2. The molecule has 9 nitrogen and oxygen atoms in total. The standard InChI is InChI=1S/C28H28N4O5S/c1-36-16-15-29-26(34)20-9-7-19(8-10-20)17-32-27(35)23-5-3-4-6-24(23)31-28(32)38-18-25(33)30-21-11-13-22(37-2)14-12-21/h3-14H,15-18H2,1-2H3,(H,29,34)(H,30,33). The first-order chi connectivity index (χ1) is 18.5. The summed E-state index contributed by atoms with van der Waals surface area (Å²) < 4.78 is 11.7. The molecule has 0 fully saturated rings. The van der Waals surface area contributed by atoms with E-state index in [9.17, 15) is 14.4 Å². The summed E-state index contributed by atoms with van der Waals surface area (Å²) in [5.41, 5.74) is 2.34. The normalized spacial score (nSPS) is 10.8. The van der Waals surface area contributed by atoms with Crippen LogP contribution in [0, 0.1) is 0 Å². The summed E-state index contributed by atoms with van der Waals surface area (Å²) in [5.74, 6) is 0.342. The SMILES string of the molecule is COCCNC(=O)c1ccc(Cn2c(SCC(=O)Nc3ccc(OC)cc3)nc3ccccc3c2=O)cc1. The predicted molar refractivity (Wildman–Crippen MR) is 148 cm³/mol. The van der Waals surface area contributed by atoms with Gasteiger partial charge in [-0.15, -0.1) is 0 Å². The number of anilines is 1. The first-order valence-electron chi connectivity index (χ1n) is 11.9. The minimum Gasteiger partial charge on any atom is -0.497 e. The number of hydrogen-bond donors (Lipinski definition) is 2. The van der Waals surface area contributed by atoms with Crippen LogP contribution in [0.3, 0.4) is 0 Å². The van der Waals surface area contributed by atoms with Gasteiger partial charge in [-0.1, -0.05) is 36.0 Å². The molecule has 0 aliphatic rings. The molecule has 196 valence electrons. The average molecular weight is 533 g/mol. The number of ether oxygens (including phenoxy) is 2. The van der Waals surface area contributed by atoms with Crippen molar-refractivity contribution in [3.05, 3.63) is 94.3 Å². The Morgan fingerprint density at radius 3 is 2.42 bits per heavy atom. The lowest BCUT2D eigenvalue weighted by atomic mass is 10.1. The van der Waals surface area contributed by atoms with Gasteiger partial charge in [-0.2, -0.15) is 0 Å². The number of para-hydroxylation sites is 1. The summed E-state index contributed by atoms with van der Waals surface area (Å²) in [6, 6.07) is 21.2. The lowest BCUT2D eigenvalue weighted by Crippen LogP contribution is -2.27. The molecule has 0 atom stereocenters.